The molecule has 0 fully saturated rings. The first-order valence-corrected chi connectivity index (χ1v) is 7.62. The molecule has 1 aromatic heterocycles. The molecule has 1 amide bonds. The molecule has 0 spiro atoms. The summed E-state index contributed by atoms with van der Waals surface area (Å²) >= 11 is 6.09. The highest BCUT2D eigenvalue weighted by molar-refractivity contribution is 6.31. The number of halogens is 1. The molecule has 122 valence electrons. The summed E-state index contributed by atoms with van der Waals surface area (Å²) < 4.78 is 4.94. The van der Waals surface area contributed by atoms with Crippen LogP contribution < -0.4 is 10.6 Å². The van der Waals surface area contributed by atoms with E-state index in [1.165, 1.54) is 0 Å². The third-order valence-corrected chi connectivity index (χ3v) is 3.62. The van der Waals surface area contributed by atoms with Gasteiger partial charge >= 0.3 is 0 Å². The molecule has 0 aliphatic heterocycles. The second-order valence-electron chi connectivity index (χ2n) is 4.91. The second kappa shape index (κ2) is 8.45. The molecule has 1 aromatic carbocycles. The molecular formula is C16H19ClN4O2. The van der Waals surface area contributed by atoms with Crippen molar-refractivity contribution in [3.63, 3.8) is 0 Å². The van der Waals surface area contributed by atoms with Crippen LogP contribution in [-0.2, 0) is 4.74 Å². The van der Waals surface area contributed by atoms with Crippen LogP contribution in [0.1, 0.15) is 22.5 Å². The van der Waals surface area contributed by atoms with Crippen LogP contribution >= 0.6 is 11.6 Å². The lowest BCUT2D eigenvalue weighted by molar-refractivity contribution is 0.0943. The number of methoxy groups -OCH3 is 1. The number of rotatable bonds is 7. The maximum Gasteiger partial charge on any atom is 0.270 e. The predicted molar refractivity (Wildman–Crippen MR) is 90.3 cm³/mol. The molecule has 0 saturated heterocycles. The van der Waals surface area contributed by atoms with E-state index in [0.717, 1.165) is 17.7 Å². The van der Waals surface area contributed by atoms with E-state index in [9.17, 15) is 4.79 Å². The molecule has 0 atom stereocenters. The Morgan fingerprint density at radius 2 is 2.17 bits per heavy atom. The third-order valence-electron chi connectivity index (χ3n) is 3.21. The van der Waals surface area contributed by atoms with E-state index in [4.69, 9.17) is 16.3 Å². The Kier molecular flexibility index (Phi) is 6.31. The summed E-state index contributed by atoms with van der Waals surface area (Å²) in [7, 11) is 1.63. The van der Waals surface area contributed by atoms with Gasteiger partial charge in [0.2, 0.25) is 5.95 Å². The van der Waals surface area contributed by atoms with Crippen LogP contribution in [0, 0.1) is 6.92 Å². The summed E-state index contributed by atoms with van der Waals surface area (Å²) in [6.07, 6.45) is 2.29. The minimum atomic E-state index is -0.241. The van der Waals surface area contributed by atoms with Gasteiger partial charge < -0.3 is 15.4 Å². The van der Waals surface area contributed by atoms with E-state index in [2.05, 4.69) is 20.6 Å². The number of nitrogens with zero attached hydrogens (tertiary/aromatic N) is 2. The number of hydrogen-bond donors (Lipinski definition) is 2. The highest BCUT2D eigenvalue weighted by Crippen LogP contribution is 2.24. The first-order valence-electron chi connectivity index (χ1n) is 7.24. The van der Waals surface area contributed by atoms with Crippen LogP contribution in [-0.4, -0.2) is 36.1 Å². The van der Waals surface area contributed by atoms with Crippen molar-refractivity contribution in [2.45, 2.75) is 13.3 Å². The topological polar surface area (TPSA) is 76.1 Å². The molecule has 23 heavy (non-hydrogen) atoms. The average Bonchev–Trinajstić information content (AvgIpc) is 2.56. The number of anilines is 2. The van der Waals surface area contributed by atoms with Gasteiger partial charge in [0, 0.05) is 37.2 Å². The fourth-order valence-corrected chi connectivity index (χ4v) is 2.09. The third kappa shape index (κ3) is 4.91. The first-order chi connectivity index (χ1) is 11.1. The molecule has 0 unspecified atom stereocenters. The largest absolute Gasteiger partial charge is 0.385 e. The Labute approximate surface area is 140 Å². The Morgan fingerprint density at radius 3 is 2.96 bits per heavy atom. The van der Waals surface area contributed by atoms with Crippen molar-refractivity contribution in [2.75, 3.05) is 25.6 Å². The van der Waals surface area contributed by atoms with Crippen molar-refractivity contribution >= 4 is 29.1 Å². The molecule has 0 radical (unpaired) electrons. The number of carbonyl (C=O) groups excluding carboxylic acids is 1. The number of carbonyl (C=O) groups is 1. The Morgan fingerprint density at radius 1 is 1.35 bits per heavy atom. The Bertz CT molecular complexity index is 679. The average molecular weight is 335 g/mol. The van der Waals surface area contributed by atoms with Crippen molar-refractivity contribution < 1.29 is 9.53 Å². The van der Waals surface area contributed by atoms with Gasteiger partial charge in [0.05, 0.1) is 0 Å². The molecule has 6 nitrogen and oxygen atoms in total. The summed E-state index contributed by atoms with van der Waals surface area (Å²) in [6.45, 7) is 3.04. The highest BCUT2D eigenvalue weighted by Gasteiger charge is 2.09. The van der Waals surface area contributed by atoms with Crippen LogP contribution in [0.5, 0.6) is 0 Å². The number of aromatic nitrogens is 2. The highest BCUT2D eigenvalue weighted by atomic mass is 35.5. The monoisotopic (exact) mass is 334 g/mol. The summed E-state index contributed by atoms with van der Waals surface area (Å²) in [5.41, 5.74) is 2.00. The van der Waals surface area contributed by atoms with E-state index < -0.39 is 0 Å². The van der Waals surface area contributed by atoms with E-state index in [1.54, 1.807) is 19.4 Å². The summed E-state index contributed by atoms with van der Waals surface area (Å²) in [6, 6.07) is 7.10. The van der Waals surface area contributed by atoms with Crippen molar-refractivity contribution in [2.24, 2.45) is 0 Å². The molecule has 0 aliphatic carbocycles. The molecule has 2 rings (SSSR count). The minimum Gasteiger partial charge on any atom is -0.385 e. The van der Waals surface area contributed by atoms with Crippen LogP contribution in [0.3, 0.4) is 0 Å². The maximum absolute atomic E-state index is 12.0. The van der Waals surface area contributed by atoms with Gasteiger partial charge in [-0.05, 0) is 37.1 Å². The normalized spacial score (nSPS) is 10.4. The van der Waals surface area contributed by atoms with Crippen molar-refractivity contribution in [3.8, 4) is 0 Å². The zero-order chi connectivity index (χ0) is 16.7. The predicted octanol–water partition coefficient (Wildman–Crippen LogP) is 2.95. The molecule has 0 aliphatic rings. The van der Waals surface area contributed by atoms with Crippen LogP contribution in [0.15, 0.2) is 30.5 Å². The zero-order valence-electron chi connectivity index (χ0n) is 13.1. The minimum absolute atomic E-state index is 0.241. The number of benzene rings is 1. The van der Waals surface area contributed by atoms with Gasteiger partial charge in [-0.15, -0.1) is 0 Å². The fraction of sp³-hybridized carbons (Fsp3) is 0.312. The van der Waals surface area contributed by atoms with Gasteiger partial charge in [0.1, 0.15) is 5.69 Å². The van der Waals surface area contributed by atoms with Gasteiger partial charge in [-0.3, -0.25) is 4.79 Å². The van der Waals surface area contributed by atoms with Crippen LogP contribution in [0.4, 0.5) is 11.6 Å². The maximum atomic E-state index is 12.0. The van der Waals surface area contributed by atoms with Gasteiger partial charge in [-0.1, -0.05) is 17.7 Å². The molecular weight excluding hydrogens is 316 g/mol. The van der Waals surface area contributed by atoms with E-state index in [0.29, 0.717) is 29.8 Å². The molecule has 2 aromatic rings. The standard InChI is InChI=1S/C16H19ClN4O2/c1-11-12(17)5-3-6-13(11)20-16-19-9-7-14(21-16)15(22)18-8-4-10-23-2/h3,5-7,9H,4,8,10H2,1-2H3,(H,18,22)(H,19,20,21). The summed E-state index contributed by atoms with van der Waals surface area (Å²) in [5, 5.41) is 6.52. The van der Waals surface area contributed by atoms with E-state index in [-0.39, 0.29) is 5.91 Å². The smallest absolute Gasteiger partial charge is 0.270 e. The fourth-order valence-electron chi connectivity index (χ4n) is 1.92. The van der Waals surface area contributed by atoms with E-state index >= 15 is 0 Å². The Hall–Kier alpha value is -2.18. The first kappa shape index (κ1) is 17.2. The lowest BCUT2D eigenvalue weighted by Gasteiger charge is -2.10. The Balaban J connectivity index is 2.04. The molecule has 0 bridgehead atoms. The second-order valence-corrected chi connectivity index (χ2v) is 5.31. The van der Waals surface area contributed by atoms with Crippen LogP contribution in [0.2, 0.25) is 5.02 Å². The number of ether oxygens (including phenoxy) is 1. The molecule has 0 saturated carbocycles. The quantitative estimate of drug-likeness (QED) is 0.761. The number of nitrogens with one attached hydrogen (secondary N) is 2. The van der Waals surface area contributed by atoms with Gasteiger partial charge in [-0.25, -0.2) is 9.97 Å². The lowest BCUT2D eigenvalue weighted by Crippen LogP contribution is -2.26. The molecule has 1 heterocycles. The SMILES string of the molecule is COCCCNC(=O)c1ccnc(Nc2cccc(Cl)c2C)n1. The van der Waals surface area contributed by atoms with Crippen molar-refractivity contribution in [1.82, 2.24) is 15.3 Å². The molecule has 7 heteroatoms. The number of amides is 1. The lowest BCUT2D eigenvalue weighted by atomic mass is 10.2. The number of hydrogen-bond acceptors (Lipinski definition) is 5. The van der Waals surface area contributed by atoms with Crippen LogP contribution in [0.25, 0.3) is 0 Å². The zero-order valence-corrected chi connectivity index (χ0v) is 13.9. The van der Waals surface area contributed by atoms with Gasteiger partial charge in [0.15, 0.2) is 0 Å². The van der Waals surface area contributed by atoms with Gasteiger partial charge in [-0.2, -0.15) is 0 Å². The summed E-state index contributed by atoms with van der Waals surface area (Å²) in [4.78, 5) is 20.4. The van der Waals surface area contributed by atoms with Crippen molar-refractivity contribution in [1.29, 1.82) is 0 Å². The van der Waals surface area contributed by atoms with E-state index in [1.807, 2.05) is 25.1 Å². The summed E-state index contributed by atoms with van der Waals surface area (Å²) in [5.74, 6) is 0.106. The molecule has 2 N–H and O–H groups in total. The van der Waals surface area contributed by atoms with Gasteiger partial charge in [0.25, 0.3) is 5.91 Å². The van der Waals surface area contributed by atoms with Crippen molar-refractivity contribution in [3.05, 3.63) is 46.7 Å².